The molecule has 1 aliphatic heterocycles. The highest BCUT2D eigenvalue weighted by Crippen LogP contribution is 2.16. The Balaban J connectivity index is 1.91. The molecule has 0 aromatic heterocycles. The summed E-state index contributed by atoms with van der Waals surface area (Å²) in [5, 5.41) is 17.3. The largest absolute Gasteiger partial charge is 0.445 e. The van der Waals surface area contributed by atoms with E-state index in [1.165, 1.54) is 0 Å². The molecular formula is C21H28N4O4. The fourth-order valence-corrected chi connectivity index (χ4v) is 3.18. The number of nitrogens with one attached hydrogen (secondary N) is 3. The number of nitriles is 1. The van der Waals surface area contributed by atoms with Crippen LogP contribution in [0, 0.1) is 23.2 Å². The van der Waals surface area contributed by atoms with Crippen molar-refractivity contribution in [3.63, 3.8) is 0 Å². The van der Waals surface area contributed by atoms with Crippen LogP contribution in [0.5, 0.6) is 0 Å². The maximum Gasteiger partial charge on any atom is 0.408 e. The molecule has 8 heteroatoms. The summed E-state index contributed by atoms with van der Waals surface area (Å²) in [6, 6.07) is 9.64. The molecule has 1 fully saturated rings. The molecule has 3 amide bonds. The van der Waals surface area contributed by atoms with E-state index in [1.807, 2.05) is 50.2 Å². The van der Waals surface area contributed by atoms with Gasteiger partial charge in [0.1, 0.15) is 18.7 Å². The first-order chi connectivity index (χ1) is 13.9. The van der Waals surface area contributed by atoms with Crippen molar-refractivity contribution in [3.8, 4) is 6.07 Å². The Morgan fingerprint density at radius 3 is 2.59 bits per heavy atom. The van der Waals surface area contributed by atoms with Gasteiger partial charge in [-0.3, -0.25) is 9.59 Å². The molecule has 0 radical (unpaired) electrons. The zero-order valence-corrected chi connectivity index (χ0v) is 16.8. The summed E-state index contributed by atoms with van der Waals surface area (Å²) in [6.07, 6.45) is 0.597. The molecule has 3 N–H and O–H groups in total. The molecular weight excluding hydrogens is 372 g/mol. The summed E-state index contributed by atoms with van der Waals surface area (Å²) >= 11 is 0. The van der Waals surface area contributed by atoms with Crippen molar-refractivity contribution in [1.29, 1.82) is 5.26 Å². The van der Waals surface area contributed by atoms with Gasteiger partial charge in [0.15, 0.2) is 0 Å². The second-order valence-corrected chi connectivity index (χ2v) is 7.59. The van der Waals surface area contributed by atoms with Gasteiger partial charge in [-0.15, -0.1) is 0 Å². The van der Waals surface area contributed by atoms with Crippen molar-refractivity contribution in [2.24, 2.45) is 11.8 Å². The lowest BCUT2D eigenvalue weighted by molar-refractivity contribution is -0.125. The van der Waals surface area contributed by atoms with Gasteiger partial charge in [0.25, 0.3) is 0 Å². The maximum atomic E-state index is 12.7. The number of hydrogen-bond donors (Lipinski definition) is 3. The van der Waals surface area contributed by atoms with Gasteiger partial charge in [0, 0.05) is 12.5 Å². The van der Waals surface area contributed by atoms with Crippen LogP contribution in [-0.2, 0) is 20.9 Å². The molecule has 0 saturated carbocycles. The predicted molar refractivity (Wildman–Crippen MR) is 106 cm³/mol. The lowest BCUT2D eigenvalue weighted by Gasteiger charge is -2.22. The molecule has 1 aromatic carbocycles. The standard InChI is InChI=1S/C21H28N4O4/c1-14(2)10-18(25-21(28)29-13-15-6-4-3-5-7-15)20(27)24-17(12-22)11-16-8-9-23-19(16)26/h3-7,14,16-18H,8-11,13H2,1-2H3,(H,23,26)(H,24,27)(H,25,28)/t16?,17-,18-/m0/s1. The van der Waals surface area contributed by atoms with E-state index in [9.17, 15) is 19.6 Å². The Morgan fingerprint density at radius 1 is 1.28 bits per heavy atom. The van der Waals surface area contributed by atoms with E-state index in [1.54, 1.807) is 0 Å². The van der Waals surface area contributed by atoms with Gasteiger partial charge in [-0.05, 0) is 30.7 Å². The Labute approximate surface area is 171 Å². The molecule has 0 spiro atoms. The molecule has 0 bridgehead atoms. The third-order valence-electron chi connectivity index (χ3n) is 4.68. The van der Waals surface area contributed by atoms with Crippen molar-refractivity contribution < 1.29 is 19.1 Å². The molecule has 8 nitrogen and oxygen atoms in total. The minimum atomic E-state index is -0.827. The number of ether oxygens (including phenoxy) is 1. The number of benzene rings is 1. The molecule has 156 valence electrons. The molecule has 29 heavy (non-hydrogen) atoms. The summed E-state index contributed by atoms with van der Waals surface area (Å²) in [5.74, 6) is -0.699. The van der Waals surface area contributed by atoms with Gasteiger partial charge >= 0.3 is 6.09 Å². The monoisotopic (exact) mass is 400 g/mol. The van der Waals surface area contributed by atoms with Crippen LogP contribution in [0.4, 0.5) is 4.79 Å². The number of nitrogens with zero attached hydrogens (tertiary/aromatic N) is 1. The fourth-order valence-electron chi connectivity index (χ4n) is 3.18. The van der Waals surface area contributed by atoms with E-state index in [0.717, 1.165) is 5.56 Å². The summed E-state index contributed by atoms with van der Waals surface area (Å²) in [6.45, 7) is 4.55. The molecule has 1 unspecified atom stereocenters. The molecule has 1 aliphatic rings. The van der Waals surface area contributed by atoms with Gasteiger partial charge in [0.2, 0.25) is 11.8 Å². The third-order valence-corrected chi connectivity index (χ3v) is 4.68. The molecule has 1 heterocycles. The van der Waals surface area contributed by atoms with Crippen molar-refractivity contribution >= 4 is 17.9 Å². The number of carbonyl (C=O) groups is 3. The van der Waals surface area contributed by atoms with Crippen molar-refractivity contribution in [3.05, 3.63) is 35.9 Å². The average molecular weight is 400 g/mol. The topological polar surface area (TPSA) is 120 Å². The predicted octanol–water partition coefficient (Wildman–Crippen LogP) is 1.86. The summed E-state index contributed by atoms with van der Waals surface area (Å²) < 4.78 is 5.20. The van der Waals surface area contributed by atoms with Gasteiger partial charge in [-0.1, -0.05) is 44.2 Å². The Morgan fingerprint density at radius 2 is 2.00 bits per heavy atom. The Bertz CT molecular complexity index is 745. The third kappa shape index (κ3) is 7.45. The first-order valence-corrected chi connectivity index (χ1v) is 9.84. The molecule has 1 aromatic rings. The molecule has 2 rings (SSSR count). The molecule has 1 saturated heterocycles. The van der Waals surface area contributed by atoms with Crippen molar-refractivity contribution in [1.82, 2.24) is 16.0 Å². The summed E-state index contributed by atoms with van der Waals surface area (Å²) in [5.41, 5.74) is 0.840. The summed E-state index contributed by atoms with van der Waals surface area (Å²) in [7, 11) is 0. The van der Waals surface area contributed by atoms with Crippen molar-refractivity contribution in [2.75, 3.05) is 6.54 Å². The minimum Gasteiger partial charge on any atom is -0.445 e. The number of hydrogen-bond acceptors (Lipinski definition) is 5. The van der Waals surface area contributed by atoms with E-state index >= 15 is 0 Å². The highest BCUT2D eigenvalue weighted by Gasteiger charge is 2.30. The number of rotatable bonds is 9. The highest BCUT2D eigenvalue weighted by molar-refractivity contribution is 5.86. The van der Waals surface area contributed by atoms with Crippen LogP contribution in [0.1, 0.15) is 38.7 Å². The van der Waals surface area contributed by atoms with Crippen LogP contribution >= 0.6 is 0 Å². The van der Waals surface area contributed by atoms with E-state index in [4.69, 9.17) is 4.74 Å². The second-order valence-electron chi connectivity index (χ2n) is 7.59. The fraction of sp³-hybridized carbons (Fsp3) is 0.524. The van der Waals surface area contributed by atoms with E-state index in [-0.39, 0.29) is 30.8 Å². The minimum absolute atomic E-state index is 0.0964. The van der Waals surface area contributed by atoms with E-state index in [2.05, 4.69) is 16.0 Å². The summed E-state index contributed by atoms with van der Waals surface area (Å²) in [4.78, 5) is 36.6. The van der Waals surface area contributed by atoms with Gasteiger partial charge in [0.05, 0.1) is 6.07 Å². The van der Waals surface area contributed by atoms with Gasteiger partial charge in [-0.25, -0.2) is 4.79 Å². The van der Waals surface area contributed by atoms with Gasteiger partial charge < -0.3 is 20.7 Å². The zero-order chi connectivity index (χ0) is 21.2. The van der Waals surface area contributed by atoms with Crippen LogP contribution in [0.2, 0.25) is 0 Å². The number of alkyl carbamates (subject to hydrolysis) is 1. The maximum absolute atomic E-state index is 12.7. The van der Waals surface area contributed by atoms with Gasteiger partial charge in [-0.2, -0.15) is 5.26 Å². The highest BCUT2D eigenvalue weighted by atomic mass is 16.5. The smallest absolute Gasteiger partial charge is 0.408 e. The first-order valence-electron chi connectivity index (χ1n) is 9.84. The molecule has 3 atom stereocenters. The van der Waals surface area contributed by atoms with Crippen LogP contribution in [-0.4, -0.2) is 36.5 Å². The quantitative estimate of drug-likeness (QED) is 0.584. The zero-order valence-electron chi connectivity index (χ0n) is 16.8. The SMILES string of the molecule is CC(C)C[C@H](NC(=O)OCc1ccccc1)C(=O)N[C@H](C#N)CC1CCNC1=O. The van der Waals surface area contributed by atoms with Crippen molar-refractivity contribution in [2.45, 2.75) is 51.8 Å². The average Bonchev–Trinajstić information content (AvgIpc) is 3.10. The van der Waals surface area contributed by atoms with Crippen LogP contribution in [0.15, 0.2) is 30.3 Å². The molecule has 0 aliphatic carbocycles. The number of carbonyl (C=O) groups excluding carboxylic acids is 3. The van der Waals surface area contributed by atoms with Crippen LogP contribution in [0.25, 0.3) is 0 Å². The van der Waals surface area contributed by atoms with Crippen LogP contribution < -0.4 is 16.0 Å². The normalized spacial score (nSPS) is 17.7. The lowest BCUT2D eigenvalue weighted by atomic mass is 9.98. The first kappa shape index (κ1) is 22.2. The van der Waals surface area contributed by atoms with E-state index < -0.39 is 24.1 Å². The Hall–Kier alpha value is -3.08. The van der Waals surface area contributed by atoms with Crippen LogP contribution in [0.3, 0.4) is 0 Å². The Kier molecular flexibility index (Phi) is 8.46. The lowest BCUT2D eigenvalue weighted by Crippen LogP contribution is -2.50. The second kappa shape index (κ2) is 11.1. The van der Waals surface area contributed by atoms with E-state index in [0.29, 0.717) is 19.4 Å². The number of amides is 3.